The van der Waals surface area contributed by atoms with Crippen LogP contribution in [0.25, 0.3) is 0 Å². The number of primary sulfonamides is 1. The maximum atomic E-state index is 12.2. The lowest BCUT2D eigenvalue weighted by atomic mass is 10.3. The number of amides is 1. The molecule has 0 spiro atoms. The Morgan fingerprint density at radius 1 is 1.56 bits per heavy atom. The van der Waals surface area contributed by atoms with Crippen molar-refractivity contribution in [2.75, 3.05) is 6.54 Å². The van der Waals surface area contributed by atoms with Crippen LogP contribution in [0.15, 0.2) is 11.1 Å². The molecule has 0 unspecified atom stereocenters. The number of hydrogen-bond acceptors (Lipinski definition) is 4. The summed E-state index contributed by atoms with van der Waals surface area (Å²) in [4.78, 5) is 13.9. The largest absolute Gasteiger partial charge is 0.333 e. The van der Waals surface area contributed by atoms with Gasteiger partial charge in [0.2, 0.25) is 10.0 Å². The molecule has 1 aliphatic rings. The topological polar surface area (TPSA) is 85.4 Å². The molecular weight excluding hydrogens is 389 g/mol. The van der Waals surface area contributed by atoms with Gasteiger partial charge in [0.05, 0.1) is 0 Å². The van der Waals surface area contributed by atoms with Gasteiger partial charge in [-0.2, -0.15) is 0 Å². The highest BCUT2D eigenvalue weighted by atomic mass is 127. The van der Waals surface area contributed by atoms with Crippen LogP contribution in [0.4, 0.5) is 0 Å². The van der Waals surface area contributed by atoms with E-state index in [4.69, 9.17) is 5.14 Å². The minimum atomic E-state index is -3.80. The number of carbonyl (C=O) groups is 1. The number of carbonyl (C=O) groups excluding carboxylic acids is 1. The van der Waals surface area contributed by atoms with Gasteiger partial charge in [0.25, 0.3) is 5.91 Å². The standard InChI is InChI=1S/C9H12IN3O3S2/c1-2-3-12-4-6-7(18(11,15)16)5-13(17-10)8(6)9(12)14/h5H,2-4H2,1H3,(H2,11,15,16). The van der Waals surface area contributed by atoms with E-state index >= 15 is 0 Å². The molecule has 2 heterocycles. The molecule has 100 valence electrons. The van der Waals surface area contributed by atoms with E-state index in [9.17, 15) is 13.2 Å². The number of sulfonamides is 1. The smallest absolute Gasteiger partial charge is 0.272 e. The molecule has 0 saturated carbocycles. The van der Waals surface area contributed by atoms with E-state index in [-0.39, 0.29) is 10.8 Å². The molecule has 0 aromatic carbocycles. The Labute approximate surface area is 122 Å². The van der Waals surface area contributed by atoms with Gasteiger partial charge < -0.3 is 4.90 Å². The summed E-state index contributed by atoms with van der Waals surface area (Å²) in [6.07, 6.45) is 2.25. The van der Waals surface area contributed by atoms with Crippen LogP contribution < -0.4 is 5.14 Å². The zero-order chi connectivity index (χ0) is 13.5. The first-order valence-electron chi connectivity index (χ1n) is 5.25. The minimum absolute atomic E-state index is 0.0496. The van der Waals surface area contributed by atoms with Crippen LogP contribution in [0.2, 0.25) is 0 Å². The monoisotopic (exact) mass is 401 g/mol. The van der Waals surface area contributed by atoms with E-state index in [2.05, 4.69) is 0 Å². The molecule has 0 aliphatic carbocycles. The van der Waals surface area contributed by atoms with Crippen LogP contribution in [0.1, 0.15) is 29.4 Å². The maximum absolute atomic E-state index is 12.2. The van der Waals surface area contributed by atoms with Crippen molar-refractivity contribution in [2.24, 2.45) is 5.14 Å². The number of aromatic nitrogens is 1. The quantitative estimate of drug-likeness (QED) is 0.772. The normalized spacial score (nSPS) is 15.3. The van der Waals surface area contributed by atoms with Crippen molar-refractivity contribution >= 4 is 46.3 Å². The molecule has 18 heavy (non-hydrogen) atoms. The SMILES string of the molecule is CCCN1Cc2c(S(N)(=O)=O)cn(SI)c2C1=O. The van der Waals surface area contributed by atoms with Gasteiger partial charge in [-0.05, 0) is 6.42 Å². The lowest BCUT2D eigenvalue weighted by molar-refractivity contribution is 0.0772. The second-order valence-electron chi connectivity index (χ2n) is 3.99. The van der Waals surface area contributed by atoms with E-state index < -0.39 is 10.0 Å². The highest BCUT2D eigenvalue weighted by Gasteiger charge is 2.36. The summed E-state index contributed by atoms with van der Waals surface area (Å²) in [5, 5.41) is 5.18. The van der Waals surface area contributed by atoms with Crippen molar-refractivity contribution in [3.8, 4) is 0 Å². The predicted octanol–water partition coefficient (Wildman–Crippen LogP) is 1.35. The molecule has 1 aromatic heterocycles. The van der Waals surface area contributed by atoms with E-state index in [0.717, 1.165) is 6.42 Å². The van der Waals surface area contributed by atoms with E-state index in [1.807, 2.05) is 28.1 Å². The average molecular weight is 401 g/mol. The van der Waals surface area contributed by atoms with Gasteiger partial charge in [-0.1, -0.05) is 6.92 Å². The van der Waals surface area contributed by atoms with Gasteiger partial charge in [0, 0.05) is 55.2 Å². The third-order valence-corrected chi connectivity index (χ3v) is 5.43. The van der Waals surface area contributed by atoms with Crippen molar-refractivity contribution < 1.29 is 13.2 Å². The second kappa shape index (κ2) is 5.02. The fraction of sp³-hybridized carbons (Fsp3) is 0.444. The number of rotatable bonds is 4. The first-order valence-corrected chi connectivity index (χ1v) is 10.1. The molecule has 0 atom stereocenters. The fourth-order valence-corrected chi connectivity index (χ4v) is 4.20. The first-order chi connectivity index (χ1) is 8.40. The van der Waals surface area contributed by atoms with Crippen molar-refractivity contribution in [3.05, 3.63) is 17.5 Å². The molecule has 0 radical (unpaired) electrons. The molecule has 2 rings (SSSR count). The van der Waals surface area contributed by atoms with Crippen LogP contribution in [0.3, 0.4) is 0 Å². The third-order valence-electron chi connectivity index (χ3n) is 2.75. The highest BCUT2D eigenvalue weighted by Crippen LogP contribution is 2.34. The molecule has 0 bridgehead atoms. The maximum Gasteiger partial charge on any atom is 0.272 e. The highest BCUT2D eigenvalue weighted by molar-refractivity contribution is 14.2. The number of nitrogens with two attached hydrogens (primary N) is 1. The van der Waals surface area contributed by atoms with Crippen molar-refractivity contribution in [2.45, 2.75) is 24.8 Å². The van der Waals surface area contributed by atoms with Gasteiger partial charge in [-0.15, -0.1) is 0 Å². The van der Waals surface area contributed by atoms with Gasteiger partial charge in [0.15, 0.2) is 0 Å². The number of nitrogens with zero attached hydrogens (tertiary/aromatic N) is 2. The van der Waals surface area contributed by atoms with Crippen molar-refractivity contribution in [1.29, 1.82) is 0 Å². The second-order valence-corrected chi connectivity index (χ2v) is 7.23. The summed E-state index contributed by atoms with van der Waals surface area (Å²) in [7, 11) is -2.54. The van der Waals surface area contributed by atoms with Crippen LogP contribution in [-0.4, -0.2) is 29.7 Å². The molecular formula is C9H12IN3O3S2. The number of halogens is 1. The van der Waals surface area contributed by atoms with Gasteiger partial charge in [0.1, 0.15) is 10.6 Å². The zero-order valence-electron chi connectivity index (χ0n) is 9.59. The zero-order valence-corrected chi connectivity index (χ0v) is 13.4. The van der Waals surface area contributed by atoms with Gasteiger partial charge in [-0.3, -0.25) is 8.77 Å². The first kappa shape index (κ1) is 14.2. The van der Waals surface area contributed by atoms with E-state index in [1.165, 1.54) is 15.3 Å². The van der Waals surface area contributed by atoms with Gasteiger partial charge in [-0.25, -0.2) is 13.6 Å². The third kappa shape index (κ3) is 2.28. The Balaban J connectivity index is 2.55. The molecule has 0 saturated heterocycles. The molecule has 1 aromatic rings. The van der Waals surface area contributed by atoms with Crippen LogP contribution in [0.5, 0.6) is 0 Å². The molecule has 0 fully saturated rings. The Bertz CT molecular complexity index is 596. The molecule has 1 aliphatic heterocycles. The summed E-state index contributed by atoms with van der Waals surface area (Å²) in [6.45, 7) is 2.90. The lowest BCUT2D eigenvalue weighted by Crippen LogP contribution is -2.26. The van der Waals surface area contributed by atoms with Crippen LogP contribution in [0, 0.1) is 0 Å². The Morgan fingerprint density at radius 2 is 2.22 bits per heavy atom. The molecule has 9 heteroatoms. The average Bonchev–Trinajstić information content (AvgIpc) is 2.78. The van der Waals surface area contributed by atoms with Crippen LogP contribution in [-0.2, 0) is 16.6 Å². The predicted molar refractivity (Wildman–Crippen MR) is 77.8 cm³/mol. The van der Waals surface area contributed by atoms with Crippen molar-refractivity contribution in [3.63, 3.8) is 0 Å². The Hall–Kier alpha value is -0.260. The molecule has 1 amide bonds. The van der Waals surface area contributed by atoms with E-state index in [0.29, 0.717) is 24.3 Å². The van der Waals surface area contributed by atoms with Crippen molar-refractivity contribution in [1.82, 2.24) is 8.87 Å². The lowest BCUT2D eigenvalue weighted by Gasteiger charge is -2.14. The Kier molecular flexibility index (Phi) is 3.95. The van der Waals surface area contributed by atoms with Gasteiger partial charge >= 0.3 is 0 Å². The fourth-order valence-electron chi connectivity index (χ4n) is 2.04. The number of fused-ring (bicyclic) bond motifs is 1. The molecule has 6 nitrogen and oxygen atoms in total. The summed E-state index contributed by atoms with van der Waals surface area (Å²) in [5.74, 6) is -0.133. The summed E-state index contributed by atoms with van der Waals surface area (Å²) >= 11 is 2.00. The summed E-state index contributed by atoms with van der Waals surface area (Å²) in [6, 6.07) is 0. The number of hydrogen-bond donors (Lipinski definition) is 1. The molecule has 2 N–H and O–H groups in total. The summed E-state index contributed by atoms with van der Waals surface area (Å²) in [5.41, 5.74) is 0.937. The Morgan fingerprint density at radius 3 is 2.72 bits per heavy atom. The van der Waals surface area contributed by atoms with Crippen LogP contribution >= 0.6 is 30.3 Å². The van der Waals surface area contributed by atoms with E-state index in [1.54, 1.807) is 8.87 Å². The minimum Gasteiger partial charge on any atom is -0.333 e. The summed E-state index contributed by atoms with van der Waals surface area (Å²) < 4.78 is 24.6.